The number of nitrogens with zero attached hydrogens (tertiary/aromatic N) is 2. The van der Waals surface area contributed by atoms with E-state index in [1.807, 2.05) is 0 Å². The Morgan fingerprint density at radius 2 is 2.14 bits per heavy atom. The molecule has 0 amide bonds. The van der Waals surface area contributed by atoms with Crippen LogP contribution in [0.3, 0.4) is 0 Å². The van der Waals surface area contributed by atoms with Crippen molar-refractivity contribution in [3.8, 4) is 0 Å². The summed E-state index contributed by atoms with van der Waals surface area (Å²) in [5, 5.41) is 2.49. The SMILES string of the molecule is O=c1c2c(C(F)(F)F)cccc2nc(Cl)n1C1CCCN1. The smallest absolute Gasteiger partial charge is 0.297 e. The topological polar surface area (TPSA) is 46.9 Å². The molecule has 0 radical (unpaired) electrons. The first kappa shape index (κ1) is 14.3. The lowest BCUT2D eigenvalue weighted by molar-refractivity contribution is -0.136. The number of halogens is 4. The summed E-state index contributed by atoms with van der Waals surface area (Å²) in [5.41, 5.74) is -1.80. The highest BCUT2D eigenvalue weighted by Crippen LogP contribution is 2.33. The minimum absolute atomic E-state index is 0.0472. The van der Waals surface area contributed by atoms with Crippen LogP contribution in [-0.4, -0.2) is 16.1 Å². The molecule has 1 fully saturated rings. The van der Waals surface area contributed by atoms with Crippen molar-refractivity contribution >= 4 is 22.5 Å². The van der Waals surface area contributed by atoms with E-state index in [2.05, 4.69) is 10.3 Å². The van der Waals surface area contributed by atoms with Gasteiger partial charge in [0.25, 0.3) is 5.56 Å². The number of hydrogen-bond acceptors (Lipinski definition) is 3. The average molecular weight is 318 g/mol. The molecule has 112 valence electrons. The van der Waals surface area contributed by atoms with Crippen LogP contribution in [0.2, 0.25) is 5.28 Å². The zero-order chi connectivity index (χ0) is 15.2. The molecular weight excluding hydrogens is 307 g/mol. The molecule has 1 saturated heterocycles. The molecule has 1 unspecified atom stereocenters. The number of alkyl halides is 3. The normalized spacial score (nSPS) is 19.3. The maximum Gasteiger partial charge on any atom is 0.417 e. The second kappa shape index (κ2) is 4.99. The van der Waals surface area contributed by atoms with E-state index in [-0.39, 0.29) is 10.8 Å². The quantitative estimate of drug-likeness (QED) is 0.823. The first-order valence-electron chi connectivity index (χ1n) is 6.41. The lowest BCUT2D eigenvalue weighted by atomic mass is 10.1. The minimum Gasteiger partial charge on any atom is -0.297 e. The summed E-state index contributed by atoms with van der Waals surface area (Å²) in [4.78, 5) is 16.4. The molecule has 21 heavy (non-hydrogen) atoms. The Bertz CT molecular complexity index is 751. The Morgan fingerprint density at radius 3 is 2.76 bits per heavy atom. The van der Waals surface area contributed by atoms with Crippen molar-refractivity contribution < 1.29 is 13.2 Å². The van der Waals surface area contributed by atoms with Crippen LogP contribution < -0.4 is 10.9 Å². The van der Waals surface area contributed by atoms with Crippen molar-refractivity contribution in [1.29, 1.82) is 0 Å². The van der Waals surface area contributed by atoms with Gasteiger partial charge >= 0.3 is 6.18 Å². The van der Waals surface area contributed by atoms with E-state index in [0.717, 1.165) is 17.1 Å². The third kappa shape index (κ3) is 2.40. The predicted molar refractivity (Wildman–Crippen MR) is 72.3 cm³/mol. The van der Waals surface area contributed by atoms with E-state index < -0.39 is 28.9 Å². The summed E-state index contributed by atoms with van der Waals surface area (Å²) in [6.45, 7) is 0.687. The van der Waals surface area contributed by atoms with Crippen LogP contribution in [-0.2, 0) is 6.18 Å². The van der Waals surface area contributed by atoms with Crippen molar-refractivity contribution in [3.63, 3.8) is 0 Å². The maximum atomic E-state index is 13.1. The van der Waals surface area contributed by atoms with Gasteiger partial charge in [-0.3, -0.25) is 14.7 Å². The van der Waals surface area contributed by atoms with Crippen molar-refractivity contribution in [2.24, 2.45) is 0 Å². The molecule has 1 atom stereocenters. The molecule has 0 bridgehead atoms. The van der Waals surface area contributed by atoms with Gasteiger partial charge < -0.3 is 0 Å². The minimum atomic E-state index is -4.62. The average Bonchev–Trinajstić information content (AvgIpc) is 2.90. The molecule has 4 nitrogen and oxygen atoms in total. The lowest BCUT2D eigenvalue weighted by Gasteiger charge is -2.17. The van der Waals surface area contributed by atoms with Crippen LogP contribution in [0.1, 0.15) is 24.6 Å². The molecule has 8 heteroatoms. The summed E-state index contributed by atoms with van der Waals surface area (Å²) in [6.07, 6.45) is -3.58. The second-order valence-electron chi connectivity index (χ2n) is 4.87. The van der Waals surface area contributed by atoms with Crippen molar-refractivity contribution in [1.82, 2.24) is 14.9 Å². The van der Waals surface area contributed by atoms with Gasteiger partial charge in [-0.25, -0.2) is 4.98 Å². The number of benzene rings is 1. The number of nitrogens with one attached hydrogen (secondary N) is 1. The summed E-state index contributed by atoms with van der Waals surface area (Å²) in [5.74, 6) is 0. The van der Waals surface area contributed by atoms with E-state index in [4.69, 9.17) is 11.6 Å². The number of hydrogen-bond donors (Lipinski definition) is 1. The van der Waals surface area contributed by atoms with Gasteiger partial charge in [0.15, 0.2) is 0 Å². The Morgan fingerprint density at radius 1 is 1.38 bits per heavy atom. The van der Waals surface area contributed by atoms with Crippen molar-refractivity contribution in [2.75, 3.05) is 6.54 Å². The molecule has 1 aromatic carbocycles. The fraction of sp³-hybridized carbons (Fsp3) is 0.385. The van der Waals surface area contributed by atoms with Gasteiger partial charge in [0.05, 0.1) is 22.6 Å². The number of aromatic nitrogens is 2. The zero-order valence-electron chi connectivity index (χ0n) is 10.7. The molecule has 3 rings (SSSR count). The second-order valence-corrected chi connectivity index (χ2v) is 5.20. The van der Waals surface area contributed by atoms with Crippen LogP contribution in [0.25, 0.3) is 10.9 Å². The summed E-state index contributed by atoms with van der Waals surface area (Å²) >= 11 is 5.99. The number of rotatable bonds is 1. The van der Waals surface area contributed by atoms with Crippen LogP contribution in [0.15, 0.2) is 23.0 Å². The maximum absolute atomic E-state index is 13.1. The van der Waals surface area contributed by atoms with Gasteiger partial charge in [-0.15, -0.1) is 0 Å². The highest BCUT2D eigenvalue weighted by Gasteiger charge is 2.35. The van der Waals surface area contributed by atoms with E-state index in [0.29, 0.717) is 13.0 Å². The molecule has 0 spiro atoms. The van der Waals surface area contributed by atoms with E-state index in [9.17, 15) is 18.0 Å². The monoisotopic (exact) mass is 317 g/mol. The third-order valence-electron chi connectivity index (χ3n) is 3.54. The highest BCUT2D eigenvalue weighted by atomic mass is 35.5. The van der Waals surface area contributed by atoms with Crippen molar-refractivity contribution in [2.45, 2.75) is 25.2 Å². The Balaban J connectivity index is 2.34. The molecule has 1 aliphatic heterocycles. The van der Waals surface area contributed by atoms with Gasteiger partial charge in [0.1, 0.15) is 0 Å². The first-order chi connectivity index (χ1) is 9.89. The van der Waals surface area contributed by atoms with Crippen LogP contribution >= 0.6 is 11.6 Å². The predicted octanol–water partition coefficient (Wildman–Crippen LogP) is 2.95. The van der Waals surface area contributed by atoms with E-state index in [1.54, 1.807) is 0 Å². The fourth-order valence-electron chi connectivity index (χ4n) is 2.61. The molecule has 1 aliphatic rings. The van der Waals surface area contributed by atoms with Crippen LogP contribution in [0.4, 0.5) is 13.2 Å². The van der Waals surface area contributed by atoms with Gasteiger partial charge in [0, 0.05) is 0 Å². The molecule has 2 aromatic rings. The van der Waals surface area contributed by atoms with Crippen LogP contribution in [0.5, 0.6) is 0 Å². The van der Waals surface area contributed by atoms with E-state index >= 15 is 0 Å². The lowest BCUT2D eigenvalue weighted by Crippen LogP contribution is -2.32. The molecule has 1 aromatic heterocycles. The molecule has 0 saturated carbocycles. The summed E-state index contributed by atoms with van der Waals surface area (Å²) in [6, 6.07) is 3.45. The molecular formula is C13H11ClF3N3O. The van der Waals surface area contributed by atoms with Gasteiger partial charge in [-0.2, -0.15) is 13.2 Å². The highest BCUT2D eigenvalue weighted by molar-refractivity contribution is 6.28. The summed E-state index contributed by atoms with van der Waals surface area (Å²) in [7, 11) is 0. The molecule has 0 aliphatic carbocycles. The molecule has 1 N–H and O–H groups in total. The third-order valence-corrected chi connectivity index (χ3v) is 3.80. The van der Waals surface area contributed by atoms with Gasteiger partial charge in [-0.05, 0) is 43.1 Å². The standard InChI is InChI=1S/C13H11ClF3N3O/c14-12-19-8-4-1-3-7(13(15,16)17)10(8)11(21)20(12)9-5-2-6-18-9/h1,3-4,9,18H,2,5-6H2. The van der Waals surface area contributed by atoms with E-state index in [1.165, 1.54) is 12.1 Å². The Labute approximate surface area is 122 Å². The zero-order valence-corrected chi connectivity index (χ0v) is 11.5. The fourth-order valence-corrected chi connectivity index (χ4v) is 2.89. The van der Waals surface area contributed by atoms with Gasteiger partial charge in [-0.1, -0.05) is 6.07 Å². The van der Waals surface area contributed by atoms with Crippen LogP contribution in [0, 0.1) is 0 Å². The van der Waals surface area contributed by atoms with Gasteiger partial charge in [0.2, 0.25) is 5.28 Å². The largest absolute Gasteiger partial charge is 0.417 e. The number of fused-ring (bicyclic) bond motifs is 1. The first-order valence-corrected chi connectivity index (χ1v) is 6.79. The summed E-state index contributed by atoms with van der Waals surface area (Å²) < 4.78 is 40.4. The molecule has 2 heterocycles. The Hall–Kier alpha value is -1.60. The van der Waals surface area contributed by atoms with Crippen molar-refractivity contribution in [3.05, 3.63) is 39.4 Å². The Kier molecular flexibility index (Phi) is 3.41.